The SMILES string of the molecule is CC1(CN)OB(O)c2ccccc21.Cl. The second-order valence-electron chi connectivity index (χ2n) is 3.49. The minimum atomic E-state index is -0.829. The van der Waals surface area contributed by atoms with E-state index < -0.39 is 12.7 Å². The van der Waals surface area contributed by atoms with Crippen LogP contribution in [0.1, 0.15) is 12.5 Å². The van der Waals surface area contributed by atoms with Crippen molar-refractivity contribution in [3.8, 4) is 0 Å². The van der Waals surface area contributed by atoms with Crippen molar-refractivity contribution in [3.63, 3.8) is 0 Å². The maximum absolute atomic E-state index is 9.57. The molecule has 1 atom stereocenters. The fraction of sp³-hybridized carbons (Fsp3) is 0.333. The Morgan fingerprint density at radius 2 is 2.14 bits per heavy atom. The van der Waals surface area contributed by atoms with E-state index in [4.69, 9.17) is 10.4 Å². The first-order valence-electron chi connectivity index (χ1n) is 4.33. The van der Waals surface area contributed by atoms with Gasteiger partial charge in [-0.15, -0.1) is 12.4 Å². The van der Waals surface area contributed by atoms with Gasteiger partial charge in [-0.3, -0.25) is 0 Å². The molecule has 0 amide bonds. The van der Waals surface area contributed by atoms with Crippen molar-refractivity contribution in [3.05, 3.63) is 29.8 Å². The van der Waals surface area contributed by atoms with Gasteiger partial charge in [0.2, 0.25) is 0 Å². The molecule has 0 aromatic heterocycles. The smallest absolute Gasteiger partial charge is 0.423 e. The molecule has 1 aliphatic rings. The highest BCUT2D eigenvalue weighted by molar-refractivity contribution is 6.61. The number of hydrogen-bond acceptors (Lipinski definition) is 3. The molecule has 2 rings (SSSR count). The first-order chi connectivity index (χ1) is 6.17. The predicted molar refractivity (Wildman–Crippen MR) is 58.8 cm³/mol. The van der Waals surface area contributed by atoms with E-state index in [0.717, 1.165) is 11.0 Å². The molecule has 76 valence electrons. The third-order valence-electron chi connectivity index (χ3n) is 2.56. The summed E-state index contributed by atoms with van der Waals surface area (Å²) in [6.45, 7) is 2.27. The molecule has 1 aromatic rings. The van der Waals surface area contributed by atoms with Gasteiger partial charge in [-0.1, -0.05) is 24.3 Å². The van der Waals surface area contributed by atoms with Gasteiger partial charge in [0.15, 0.2) is 0 Å². The zero-order chi connectivity index (χ0) is 9.47. The number of rotatable bonds is 1. The van der Waals surface area contributed by atoms with Gasteiger partial charge in [0.05, 0.1) is 5.60 Å². The van der Waals surface area contributed by atoms with E-state index in [1.165, 1.54) is 0 Å². The van der Waals surface area contributed by atoms with Crippen molar-refractivity contribution < 1.29 is 9.68 Å². The lowest BCUT2D eigenvalue weighted by atomic mass is 9.78. The second kappa shape index (κ2) is 3.91. The van der Waals surface area contributed by atoms with Crippen molar-refractivity contribution >= 4 is 25.0 Å². The molecular formula is C9H13BClNO2. The molecule has 0 spiro atoms. The molecule has 1 aliphatic heterocycles. The van der Waals surface area contributed by atoms with Gasteiger partial charge in [0, 0.05) is 6.54 Å². The summed E-state index contributed by atoms with van der Waals surface area (Å²) in [5.41, 5.74) is 6.90. The Balaban J connectivity index is 0.000000980. The van der Waals surface area contributed by atoms with Gasteiger partial charge in [0.25, 0.3) is 0 Å². The quantitative estimate of drug-likeness (QED) is 0.646. The minimum absolute atomic E-state index is 0. The molecule has 0 saturated heterocycles. The first kappa shape index (κ1) is 11.5. The molecule has 0 saturated carbocycles. The van der Waals surface area contributed by atoms with Crippen molar-refractivity contribution in [2.75, 3.05) is 6.54 Å². The molecule has 0 radical (unpaired) electrons. The average molecular weight is 213 g/mol. The topological polar surface area (TPSA) is 55.5 Å². The Morgan fingerprint density at radius 1 is 1.50 bits per heavy atom. The summed E-state index contributed by atoms with van der Waals surface area (Å²) in [5, 5.41) is 9.57. The van der Waals surface area contributed by atoms with Crippen molar-refractivity contribution in [2.45, 2.75) is 12.5 Å². The molecule has 0 aliphatic carbocycles. The number of halogens is 1. The van der Waals surface area contributed by atoms with Crippen LogP contribution < -0.4 is 11.2 Å². The third-order valence-corrected chi connectivity index (χ3v) is 2.56. The van der Waals surface area contributed by atoms with Gasteiger partial charge in [0.1, 0.15) is 0 Å². The second-order valence-corrected chi connectivity index (χ2v) is 3.49. The van der Waals surface area contributed by atoms with Crippen LogP contribution in [0.4, 0.5) is 0 Å². The van der Waals surface area contributed by atoms with Crippen LogP contribution in [-0.4, -0.2) is 18.7 Å². The summed E-state index contributed by atoms with van der Waals surface area (Å²) < 4.78 is 5.40. The maximum Gasteiger partial charge on any atom is 0.492 e. The van der Waals surface area contributed by atoms with E-state index >= 15 is 0 Å². The average Bonchev–Trinajstić information content (AvgIpc) is 2.42. The van der Waals surface area contributed by atoms with E-state index in [9.17, 15) is 5.02 Å². The molecule has 1 aromatic carbocycles. The fourth-order valence-electron chi connectivity index (χ4n) is 1.73. The van der Waals surface area contributed by atoms with Gasteiger partial charge in [-0.2, -0.15) is 0 Å². The number of fused-ring (bicyclic) bond motifs is 1. The van der Waals surface area contributed by atoms with E-state index in [-0.39, 0.29) is 12.4 Å². The lowest BCUT2D eigenvalue weighted by Gasteiger charge is -2.23. The monoisotopic (exact) mass is 213 g/mol. The highest BCUT2D eigenvalue weighted by atomic mass is 35.5. The fourth-order valence-corrected chi connectivity index (χ4v) is 1.73. The van der Waals surface area contributed by atoms with Gasteiger partial charge in [-0.05, 0) is 17.9 Å². The molecular weight excluding hydrogens is 200 g/mol. The number of nitrogens with two attached hydrogens (primary N) is 1. The Bertz CT molecular complexity index is 336. The Kier molecular flexibility index (Phi) is 3.22. The molecule has 1 unspecified atom stereocenters. The van der Waals surface area contributed by atoms with Crippen LogP contribution >= 0.6 is 12.4 Å². The standard InChI is InChI=1S/C9H12BNO2.ClH/c1-9(6-11)7-4-2-3-5-8(7)10(12)13-9;/h2-5,12H,6,11H2,1H3;1H. The Morgan fingerprint density at radius 3 is 2.79 bits per heavy atom. The van der Waals surface area contributed by atoms with Crippen LogP contribution in [0.25, 0.3) is 0 Å². The molecule has 14 heavy (non-hydrogen) atoms. The predicted octanol–water partition coefficient (Wildman–Crippen LogP) is 0.000000000000000666. The van der Waals surface area contributed by atoms with Crippen LogP contribution in [0.3, 0.4) is 0 Å². The van der Waals surface area contributed by atoms with Gasteiger partial charge >= 0.3 is 7.12 Å². The normalized spacial score (nSPS) is 24.4. The van der Waals surface area contributed by atoms with Crippen molar-refractivity contribution in [1.82, 2.24) is 0 Å². The Hall–Kier alpha value is -0.545. The molecule has 3 N–H and O–H groups in total. The first-order valence-corrected chi connectivity index (χ1v) is 4.33. The summed E-state index contributed by atoms with van der Waals surface area (Å²) >= 11 is 0. The number of benzene rings is 1. The number of hydrogen-bond donors (Lipinski definition) is 2. The summed E-state index contributed by atoms with van der Waals surface area (Å²) in [5.74, 6) is 0. The Labute approximate surface area is 89.8 Å². The van der Waals surface area contributed by atoms with Gasteiger partial charge < -0.3 is 15.4 Å². The molecule has 3 nitrogen and oxygen atoms in total. The lowest BCUT2D eigenvalue weighted by molar-refractivity contribution is 0.0893. The summed E-state index contributed by atoms with van der Waals surface area (Å²) in [6, 6.07) is 7.61. The largest absolute Gasteiger partial charge is 0.492 e. The summed E-state index contributed by atoms with van der Waals surface area (Å²) in [4.78, 5) is 0. The summed E-state index contributed by atoms with van der Waals surface area (Å²) in [7, 11) is -0.829. The molecule has 0 fully saturated rings. The van der Waals surface area contributed by atoms with Crippen molar-refractivity contribution in [1.29, 1.82) is 0 Å². The van der Waals surface area contributed by atoms with Crippen LogP contribution in [0, 0.1) is 0 Å². The van der Waals surface area contributed by atoms with Crippen LogP contribution in [0.15, 0.2) is 24.3 Å². The third kappa shape index (κ3) is 1.55. The van der Waals surface area contributed by atoms with Crippen LogP contribution in [0.2, 0.25) is 0 Å². The minimum Gasteiger partial charge on any atom is -0.423 e. The van der Waals surface area contributed by atoms with E-state index in [0.29, 0.717) is 6.54 Å². The highest BCUT2D eigenvalue weighted by Crippen LogP contribution is 2.28. The summed E-state index contributed by atoms with van der Waals surface area (Å²) in [6.07, 6.45) is 0. The van der Waals surface area contributed by atoms with E-state index in [2.05, 4.69) is 0 Å². The maximum atomic E-state index is 9.57. The van der Waals surface area contributed by atoms with E-state index in [1.54, 1.807) is 0 Å². The lowest BCUT2D eigenvalue weighted by Crippen LogP contribution is -2.33. The molecule has 1 heterocycles. The zero-order valence-corrected chi connectivity index (χ0v) is 8.75. The van der Waals surface area contributed by atoms with Crippen molar-refractivity contribution in [2.24, 2.45) is 5.73 Å². The molecule has 0 bridgehead atoms. The van der Waals surface area contributed by atoms with E-state index in [1.807, 2.05) is 31.2 Å². The van der Waals surface area contributed by atoms with Gasteiger partial charge in [-0.25, -0.2) is 0 Å². The van der Waals surface area contributed by atoms with Crippen LogP contribution in [0.5, 0.6) is 0 Å². The van der Waals surface area contributed by atoms with Crippen LogP contribution in [-0.2, 0) is 10.3 Å². The zero-order valence-electron chi connectivity index (χ0n) is 7.93. The highest BCUT2D eigenvalue weighted by Gasteiger charge is 2.42. The molecule has 5 heteroatoms.